The van der Waals surface area contributed by atoms with Gasteiger partial charge in [-0.3, -0.25) is 0 Å². The van der Waals surface area contributed by atoms with Crippen molar-refractivity contribution < 1.29 is 9.53 Å². The number of anilines is 1. The van der Waals surface area contributed by atoms with E-state index >= 15 is 0 Å². The minimum atomic E-state index is -0.0928. The SMILES string of the molecule is COCC1CCCCN1C(=O)Nc1ccnnc1. The van der Waals surface area contributed by atoms with Gasteiger partial charge >= 0.3 is 6.03 Å². The van der Waals surface area contributed by atoms with Gasteiger partial charge in [0.1, 0.15) is 0 Å². The van der Waals surface area contributed by atoms with E-state index in [4.69, 9.17) is 4.74 Å². The number of methoxy groups -OCH3 is 1. The molecule has 1 saturated heterocycles. The largest absolute Gasteiger partial charge is 0.383 e. The van der Waals surface area contributed by atoms with Gasteiger partial charge in [-0.2, -0.15) is 10.2 Å². The van der Waals surface area contributed by atoms with Crippen LogP contribution in [0.25, 0.3) is 0 Å². The number of hydrogen-bond donors (Lipinski definition) is 1. The van der Waals surface area contributed by atoms with Crippen molar-refractivity contribution in [3.63, 3.8) is 0 Å². The molecule has 2 heterocycles. The number of aromatic nitrogens is 2. The quantitative estimate of drug-likeness (QED) is 0.883. The molecule has 98 valence electrons. The summed E-state index contributed by atoms with van der Waals surface area (Å²) in [6.45, 7) is 1.36. The van der Waals surface area contributed by atoms with Crippen LogP contribution in [0.3, 0.4) is 0 Å². The molecule has 0 aliphatic carbocycles. The van der Waals surface area contributed by atoms with Crippen LogP contribution in [0.15, 0.2) is 18.5 Å². The number of rotatable bonds is 3. The van der Waals surface area contributed by atoms with Crippen LogP contribution in [0.5, 0.6) is 0 Å². The summed E-state index contributed by atoms with van der Waals surface area (Å²) in [5.74, 6) is 0. The van der Waals surface area contributed by atoms with Gasteiger partial charge in [0.25, 0.3) is 0 Å². The van der Waals surface area contributed by atoms with E-state index in [1.807, 2.05) is 4.90 Å². The monoisotopic (exact) mass is 250 g/mol. The zero-order valence-corrected chi connectivity index (χ0v) is 10.5. The second-order valence-corrected chi connectivity index (χ2v) is 4.36. The average Bonchev–Trinajstić information content (AvgIpc) is 2.41. The Labute approximate surface area is 106 Å². The van der Waals surface area contributed by atoms with E-state index in [9.17, 15) is 4.79 Å². The summed E-state index contributed by atoms with van der Waals surface area (Å²) in [7, 11) is 1.66. The number of carbonyl (C=O) groups is 1. The van der Waals surface area contributed by atoms with Crippen LogP contribution >= 0.6 is 0 Å². The third-order valence-corrected chi connectivity index (χ3v) is 3.08. The summed E-state index contributed by atoms with van der Waals surface area (Å²) in [6.07, 6.45) is 6.28. The Kier molecular flexibility index (Phi) is 4.46. The molecule has 0 spiro atoms. The maximum absolute atomic E-state index is 12.2. The van der Waals surface area contributed by atoms with Gasteiger partial charge in [0, 0.05) is 13.7 Å². The number of hydrogen-bond acceptors (Lipinski definition) is 4. The molecule has 2 amide bonds. The molecule has 1 aromatic rings. The minimum Gasteiger partial charge on any atom is -0.383 e. The van der Waals surface area contributed by atoms with Gasteiger partial charge in [0.15, 0.2) is 0 Å². The molecule has 1 fully saturated rings. The Balaban J connectivity index is 1.98. The summed E-state index contributed by atoms with van der Waals surface area (Å²) in [5.41, 5.74) is 0.664. The number of carbonyl (C=O) groups excluding carboxylic acids is 1. The number of nitrogens with zero attached hydrogens (tertiary/aromatic N) is 3. The van der Waals surface area contributed by atoms with E-state index in [1.54, 1.807) is 19.4 Å². The van der Waals surface area contributed by atoms with Crippen LogP contribution in [0, 0.1) is 0 Å². The molecule has 0 saturated carbocycles. The predicted octanol–water partition coefficient (Wildman–Crippen LogP) is 1.51. The third kappa shape index (κ3) is 3.16. The molecule has 1 aliphatic heterocycles. The molecule has 1 aliphatic rings. The first-order valence-corrected chi connectivity index (χ1v) is 6.14. The molecular formula is C12H18N4O2. The lowest BCUT2D eigenvalue weighted by molar-refractivity contribution is 0.0878. The van der Waals surface area contributed by atoms with Crippen molar-refractivity contribution in [2.24, 2.45) is 0 Å². The highest BCUT2D eigenvalue weighted by Gasteiger charge is 2.26. The van der Waals surface area contributed by atoms with E-state index in [2.05, 4.69) is 15.5 Å². The summed E-state index contributed by atoms with van der Waals surface area (Å²) >= 11 is 0. The molecular weight excluding hydrogens is 232 g/mol. The van der Waals surface area contributed by atoms with Gasteiger partial charge in [0.2, 0.25) is 0 Å². The Morgan fingerprint density at radius 2 is 2.44 bits per heavy atom. The second kappa shape index (κ2) is 6.30. The minimum absolute atomic E-state index is 0.0928. The number of likely N-dealkylation sites (tertiary alicyclic amines) is 1. The molecule has 6 nitrogen and oxygen atoms in total. The maximum Gasteiger partial charge on any atom is 0.322 e. The van der Waals surface area contributed by atoms with E-state index < -0.39 is 0 Å². The summed E-state index contributed by atoms with van der Waals surface area (Å²) in [6, 6.07) is 1.79. The first-order chi connectivity index (χ1) is 8.81. The number of urea groups is 1. The highest BCUT2D eigenvalue weighted by Crippen LogP contribution is 2.18. The Morgan fingerprint density at radius 1 is 1.56 bits per heavy atom. The summed E-state index contributed by atoms with van der Waals surface area (Å²) < 4.78 is 5.17. The van der Waals surface area contributed by atoms with E-state index in [0.29, 0.717) is 12.3 Å². The van der Waals surface area contributed by atoms with Crippen molar-refractivity contribution in [2.45, 2.75) is 25.3 Å². The van der Waals surface area contributed by atoms with Crippen LogP contribution < -0.4 is 5.32 Å². The highest BCUT2D eigenvalue weighted by atomic mass is 16.5. The zero-order chi connectivity index (χ0) is 12.8. The molecule has 1 N–H and O–H groups in total. The van der Waals surface area contributed by atoms with Crippen molar-refractivity contribution in [1.82, 2.24) is 15.1 Å². The van der Waals surface area contributed by atoms with Crippen LogP contribution in [-0.2, 0) is 4.74 Å². The average molecular weight is 250 g/mol. The molecule has 2 rings (SSSR count). The molecule has 6 heteroatoms. The molecule has 1 aromatic heterocycles. The molecule has 0 bridgehead atoms. The van der Waals surface area contributed by atoms with Crippen molar-refractivity contribution in [3.8, 4) is 0 Å². The fraction of sp³-hybridized carbons (Fsp3) is 0.583. The van der Waals surface area contributed by atoms with E-state index in [-0.39, 0.29) is 12.1 Å². The van der Waals surface area contributed by atoms with Gasteiger partial charge < -0.3 is 15.0 Å². The number of amides is 2. The summed E-state index contributed by atoms with van der Waals surface area (Å²) in [5, 5.41) is 10.2. The first-order valence-electron chi connectivity index (χ1n) is 6.14. The third-order valence-electron chi connectivity index (χ3n) is 3.08. The fourth-order valence-corrected chi connectivity index (χ4v) is 2.19. The fourth-order valence-electron chi connectivity index (χ4n) is 2.19. The van der Waals surface area contributed by atoms with Crippen molar-refractivity contribution in [1.29, 1.82) is 0 Å². The van der Waals surface area contributed by atoms with Gasteiger partial charge in [-0.15, -0.1) is 0 Å². The first kappa shape index (κ1) is 12.8. The topological polar surface area (TPSA) is 67.3 Å². The zero-order valence-electron chi connectivity index (χ0n) is 10.5. The van der Waals surface area contributed by atoms with Crippen molar-refractivity contribution >= 4 is 11.7 Å². The van der Waals surface area contributed by atoms with Gasteiger partial charge in [-0.25, -0.2) is 4.79 Å². The highest BCUT2D eigenvalue weighted by molar-refractivity contribution is 5.89. The lowest BCUT2D eigenvalue weighted by atomic mass is 10.0. The summed E-state index contributed by atoms with van der Waals surface area (Å²) in [4.78, 5) is 14.0. The van der Waals surface area contributed by atoms with Crippen LogP contribution in [0.1, 0.15) is 19.3 Å². The molecule has 1 atom stereocenters. The lowest BCUT2D eigenvalue weighted by Crippen LogP contribution is -2.47. The molecule has 1 unspecified atom stereocenters. The Hall–Kier alpha value is -1.69. The maximum atomic E-state index is 12.2. The van der Waals surface area contributed by atoms with Gasteiger partial charge in [-0.05, 0) is 25.3 Å². The second-order valence-electron chi connectivity index (χ2n) is 4.36. The normalized spacial score (nSPS) is 19.6. The van der Waals surface area contributed by atoms with Crippen molar-refractivity contribution in [3.05, 3.63) is 18.5 Å². The van der Waals surface area contributed by atoms with E-state index in [0.717, 1.165) is 25.8 Å². The van der Waals surface area contributed by atoms with Crippen LogP contribution in [0.4, 0.5) is 10.5 Å². The number of piperidine rings is 1. The van der Waals surface area contributed by atoms with Gasteiger partial charge in [-0.1, -0.05) is 0 Å². The standard InChI is InChI=1S/C12H18N4O2/c1-18-9-11-4-2-3-7-16(11)12(17)15-10-5-6-13-14-8-10/h5-6,8,11H,2-4,7,9H2,1H3,(H,13,15,17). The Morgan fingerprint density at radius 3 is 3.17 bits per heavy atom. The van der Waals surface area contributed by atoms with Crippen LogP contribution in [-0.4, -0.2) is 47.4 Å². The Bertz CT molecular complexity index is 383. The lowest BCUT2D eigenvalue weighted by Gasteiger charge is -2.35. The van der Waals surface area contributed by atoms with Crippen molar-refractivity contribution in [2.75, 3.05) is 25.6 Å². The smallest absolute Gasteiger partial charge is 0.322 e. The number of ether oxygens (including phenoxy) is 1. The molecule has 0 radical (unpaired) electrons. The predicted molar refractivity (Wildman–Crippen MR) is 67.3 cm³/mol. The molecule has 0 aromatic carbocycles. The van der Waals surface area contributed by atoms with E-state index in [1.165, 1.54) is 6.20 Å². The van der Waals surface area contributed by atoms with Gasteiger partial charge in [0.05, 0.1) is 30.7 Å². The van der Waals surface area contributed by atoms with Crippen LogP contribution in [0.2, 0.25) is 0 Å². The molecule has 18 heavy (non-hydrogen) atoms. The number of nitrogens with one attached hydrogen (secondary N) is 1.